The maximum atomic E-state index is 10.2. The first-order valence-electron chi connectivity index (χ1n) is 6.04. The van der Waals surface area contributed by atoms with Gasteiger partial charge in [-0.2, -0.15) is 0 Å². The van der Waals surface area contributed by atoms with Gasteiger partial charge in [-0.3, -0.25) is 0 Å². The Labute approximate surface area is 97.3 Å². The Bertz CT molecular complexity index is 311. The lowest BCUT2D eigenvalue weighted by atomic mass is 9.74. The molecule has 88 valence electrons. The molecule has 0 heterocycles. The van der Waals surface area contributed by atoms with Crippen LogP contribution in [0.4, 0.5) is 0 Å². The first kappa shape index (κ1) is 11.6. The highest BCUT2D eigenvalue weighted by molar-refractivity contribution is 5.15. The van der Waals surface area contributed by atoms with Crippen molar-refractivity contribution in [2.45, 2.75) is 43.8 Å². The molecule has 0 saturated heterocycles. The molecule has 1 aromatic rings. The minimum Gasteiger partial charge on any atom is -0.390 e. The van der Waals surface area contributed by atoms with Crippen molar-refractivity contribution < 1.29 is 9.84 Å². The molecule has 0 radical (unpaired) electrons. The highest BCUT2D eigenvalue weighted by Crippen LogP contribution is 2.39. The van der Waals surface area contributed by atoms with E-state index in [0.29, 0.717) is 0 Å². The van der Waals surface area contributed by atoms with E-state index < -0.39 is 0 Å². The molecule has 0 amide bonds. The molecule has 2 nitrogen and oxygen atoms in total. The van der Waals surface area contributed by atoms with Crippen molar-refractivity contribution in [2.24, 2.45) is 0 Å². The van der Waals surface area contributed by atoms with Crippen LogP contribution in [0.2, 0.25) is 0 Å². The van der Waals surface area contributed by atoms with E-state index in [1.165, 1.54) is 12.0 Å². The Hall–Kier alpha value is -0.860. The van der Waals surface area contributed by atoms with Crippen LogP contribution in [0.1, 0.15) is 31.2 Å². The van der Waals surface area contributed by atoms with Crippen LogP contribution in [-0.2, 0) is 11.2 Å². The number of rotatable bonds is 5. The summed E-state index contributed by atoms with van der Waals surface area (Å²) in [7, 11) is 1.71. The maximum absolute atomic E-state index is 10.2. The number of ether oxygens (including phenoxy) is 1. The molecule has 1 aromatic carbocycles. The van der Waals surface area contributed by atoms with Crippen LogP contribution in [0, 0.1) is 0 Å². The van der Waals surface area contributed by atoms with E-state index >= 15 is 0 Å². The summed E-state index contributed by atoms with van der Waals surface area (Å²) in [5.74, 6) is 0. The van der Waals surface area contributed by atoms with Crippen molar-refractivity contribution in [3.05, 3.63) is 35.9 Å². The van der Waals surface area contributed by atoms with Gasteiger partial charge >= 0.3 is 0 Å². The number of aliphatic hydroxyl groups excluding tert-OH is 1. The average molecular weight is 220 g/mol. The third-order valence-corrected chi connectivity index (χ3v) is 3.76. The standard InChI is InChI=1S/C14H20O2/c1-16-14(10-5-11-14)13(15)9-8-12-6-3-2-4-7-12/h2-4,6-7,13,15H,5,8-11H2,1H3. The minimum absolute atomic E-state index is 0.241. The molecule has 16 heavy (non-hydrogen) atoms. The molecule has 2 heteroatoms. The lowest BCUT2D eigenvalue weighted by Gasteiger charge is -2.44. The van der Waals surface area contributed by atoms with Crippen molar-refractivity contribution in [1.29, 1.82) is 0 Å². The fourth-order valence-corrected chi connectivity index (χ4v) is 2.41. The van der Waals surface area contributed by atoms with E-state index in [0.717, 1.165) is 25.7 Å². The molecule has 1 saturated carbocycles. The van der Waals surface area contributed by atoms with Crippen molar-refractivity contribution in [3.8, 4) is 0 Å². The number of aliphatic hydroxyl groups is 1. The minimum atomic E-state index is -0.327. The summed E-state index contributed by atoms with van der Waals surface area (Å²) < 4.78 is 5.47. The Balaban J connectivity index is 1.86. The Morgan fingerprint density at radius 3 is 2.50 bits per heavy atom. The highest BCUT2D eigenvalue weighted by atomic mass is 16.5. The molecule has 1 aliphatic rings. The molecule has 0 bridgehead atoms. The summed E-state index contributed by atoms with van der Waals surface area (Å²) in [5.41, 5.74) is 1.04. The zero-order valence-corrected chi connectivity index (χ0v) is 9.86. The second-order valence-electron chi connectivity index (χ2n) is 4.66. The number of hydrogen-bond donors (Lipinski definition) is 1. The zero-order valence-electron chi connectivity index (χ0n) is 9.86. The Kier molecular flexibility index (Phi) is 3.62. The van der Waals surface area contributed by atoms with Gasteiger partial charge in [0.15, 0.2) is 0 Å². The van der Waals surface area contributed by atoms with Gasteiger partial charge < -0.3 is 9.84 Å². The summed E-state index contributed by atoms with van der Waals surface area (Å²) in [6.07, 6.45) is 4.56. The Morgan fingerprint density at radius 2 is 2.00 bits per heavy atom. The third-order valence-electron chi connectivity index (χ3n) is 3.76. The predicted octanol–water partition coefficient (Wildman–Crippen LogP) is 2.55. The summed E-state index contributed by atoms with van der Waals surface area (Å²) in [6.45, 7) is 0. The van der Waals surface area contributed by atoms with E-state index in [9.17, 15) is 5.11 Å². The molecule has 2 rings (SSSR count). The smallest absolute Gasteiger partial charge is 0.0936 e. The van der Waals surface area contributed by atoms with Crippen LogP contribution in [0.3, 0.4) is 0 Å². The topological polar surface area (TPSA) is 29.5 Å². The SMILES string of the molecule is COC1(C(O)CCc2ccccc2)CCC1. The Morgan fingerprint density at radius 1 is 1.31 bits per heavy atom. The number of hydrogen-bond acceptors (Lipinski definition) is 2. The van der Waals surface area contributed by atoms with Crippen LogP contribution >= 0.6 is 0 Å². The summed E-state index contributed by atoms with van der Waals surface area (Å²) in [5, 5.41) is 10.2. The lowest BCUT2D eigenvalue weighted by molar-refractivity contribution is -0.151. The van der Waals surface area contributed by atoms with Gasteiger partial charge in [-0.15, -0.1) is 0 Å². The fourth-order valence-electron chi connectivity index (χ4n) is 2.41. The molecular weight excluding hydrogens is 200 g/mol. The fraction of sp³-hybridized carbons (Fsp3) is 0.571. The van der Waals surface area contributed by atoms with Gasteiger partial charge in [0.2, 0.25) is 0 Å². The maximum Gasteiger partial charge on any atom is 0.0936 e. The third kappa shape index (κ3) is 2.28. The molecule has 0 aliphatic heterocycles. The van der Waals surface area contributed by atoms with Crippen LogP contribution in [0.25, 0.3) is 0 Å². The van der Waals surface area contributed by atoms with Gasteiger partial charge in [0.05, 0.1) is 11.7 Å². The van der Waals surface area contributed by atoms with E-state index in [4.69, 9.17) is 4.74 Å². The quantitative estimate of drug-likeness (QED) is 0.826. The molecule has 1 atom stereocenters. The number of benzene rings is 1. The second kappa shape index (κ2) is 4.98. The average Bonchev–Trinajstić information content (AvgIpc) is 2.27. The number of methoxy groups -OCH3 is 1. The van der Waals surface area contributed by atoms with Crippen molar-refractivity contribution >= 4 is 0 Å². The molecule has 1 N–H and O–H groups in total. The first-order valence-corrected chi connectivity index (χ1v) is 6.04. The van der Waals surface area contributed by atoms with Gasteiger partial charge in [-0.1, -0.05) is 30.3 Å². The van der Waals surface area contributed by atoms with Crippen LogP contribution in [0.15, 0.2) is 30.3 Å². The van der Waals surface area contributed by atoms with E-state index in [1.54, 1.807) is 7.11 Å². The van der Waals surface area contributed by atoms with Gasteiger partial charge in [0.1, 0.15) is 0 Å². The lowest BCUT2D eigenvalue weighted by Crippen LogP contribution is -2.50. The second-order valence-corrected chi connectivity index (χ2v) is 4.66. The first-order chi connectivity index (χ1) is 7.77. The van der Waals surface area contributed by atoms with Crippen LogP contribution < -0.4 is 0 Å². The molecule has 1 fully saturated rings. The van der Waals surface area contributed by atoms with Crippen LogP contribution in [0.5, 0.6) is 0 Å². The monoisotopic (exact) mass is 220 g/mol. The largest absolute Gasteiger partial charge is 0.390 e. The van der Waals surface area contributed by atoms with E-state index in [-0.39, 0.29) is 11.7 Å². The van der Waals surface area contributed by atoms with Gasteiger partial charge in [-0.25, -0.2) is 0 Å². The number of aryl methyl sites for hydroxylation is 1. The van der Waals surface area contributed by atoms with Crippen LogP contribution in [-0.4, -0.2) is 23.9 Å². The predicted molar refractivity (Wildman–Crippen MR) is 64.4 cm³/mol. The van der Waals surface area contributed by atoms with Gasteiger partial charge in [0, 0.05) is 7.11 Å². The molecular formula is C14H20O2. The van der Waals surface area contributed by atoms with Gasteiger partial charge in [-0.05, 0) is 37.7 Å². The molecule has 0 aromatic heterocycles. The zero-order chi connectivity index (χ0) is 11.4. The highest BCUT2D eigenvalue weighted by Gasteiger charge is 2.43. The van der Waals surface area contributed by atoms with E-state index in [2.05, 4.69) is 12.1 Å². The normalized spacial score (nSPS) is 20.1. The van der Waals surface area contributed by atoms with Crippen molar-refractivity contribution in [2.75, 3.05) is 7.11 Å². The van der Waals surface area contributed by atoms with Crippen molar-refractivity contribution in [3.63, 3.8) is 0 Å². The summed E-state index contributed by atoms with van der Waals surface area (Å²) in [6, 6.07) is 10.3. The van der Waals surface area contributed by atoms with Crippen molar-refractivity contribution in [1.82, 2.24) is 0 Å². The molecule has 1 unspecified atom stereocenters. The van der Waals surface area contributed by atoms with Gasteiger partial charge in [0.25, 0.3) is 0 Å². The summed E-state index contributed by atoms with van der Waals surface area (Å²) >= 11 is 0. The molecule has 0 spiro atoms. The van der Waals surface area contributed by atoms with E-state index in [1.807, 2.05) is 18.2 Å². The molecule has 1 aliphatic carbocycles. The summed E-state index contributed by atoms with van der Waals surface area (Å²) in [4.78, 5) is 0.